The summed E-state index contributed by atoms with van der Waals surface area (Å²) in [6.07, 6.45) is -2.18. The molecular formula is C10H11BrFN3O2. The second-order valence-electron chi connectivity index (χ2n) is 3.43. The van der Waals surface area contributed by atoms with E-state index in [1.165, 1.54) is 12.1 Å². The molecule has 0 aliphatic heterocycles. The Morgan fingerprint density at radius 2 is 2.18 bits per heavy atom. The van der Waals surface area contributed by atoms with Crippen molar-refractivity contribution in [3.63, 3.8) is 0 Å². The summed E-state index contributed by atoms with van der Waals surface area (Å²) in [6.45, 7) is 0.0771. The lowest BCUT2D eigenvalue weighted by atomic mass is 10.0. The van der Waals surface area contributed by atoms with Gasteiger partial charge >= 0.3 is 0 Å². The van der Waals surface area contributed by atoms with E-state index in [9.17, 15) is 14.6 Å². The van der Waals surface area contributed by atoms with Gasteiger partial charge in [-0.25, -0.2) is 4.39 Å². The van der Waals surface area contributed by atoms with Crippen molar-refractivity contribution in [3.8, 4) is 0 Å². The van der Waals surface area contributed by atoms with E-state index in [0.29, 0.717) is 0 Å². The van der Waals surface area contributed by atoms with Crippen molar-refractivity contribution in [3.05, 3.63) is 44.5 Å². The maximum Gasteiger partial charge on any atom is 0.137 e. The molecule has 0 saturated carbocycles. The van der Waals surface area contributed by atoms with Crippen LogP contribution >= 0.6 is 15.9 Å². The van der Waals surface area contributed by atoms with Crippen LogP contribution in [0.3, 0.4) is 0 Å². The number of rotatable bonds is 5. The van der Waals surface area contributed by atoms with E-state index >= 15 is 0 Å². The first kappa shape index (κ1) is 13.9. The van der Waals surface area contributed by atoms with E-state index < -0.39 is 18.0 Å². The topological polar surface area (TPSA) is 89.2 Å². The minimum Gasteiger partial charge on any atom is -0.390 e. The zero-order valence-electron chi connectivity index (χ0n) is 8.79. The summed E-state index contributed by atoms with van der Waals surface area (Å²) < 4.78 is 13.5. The third-order valence-electron chi connectivity index (χ3n) is 2.24. The monoisotopic (exact) mass is 303 g/mol. The zero-order valence-corrected chi connectivity index (χ0v) is 10.4. The van der Waals surface area contributed by atoms with Gasteiger partial charge in [-0.15, -0.1) is 0 Å². The Labute approximate surface area is 106 Å². The van der Waals surface area contributed by atoms with E-state index in [-0.39, 0.29) is 23.0 Å². The Balaban J connectivity index is 2.70. The molecule has 2 unspecified atom stereocenters. The predicted molar refractivity (Wildman–Crippen MR) is 63.7 cm³/mol. The summed E-state index contributed by atoms with van der Waals surface area (Å²) >= 11 is 2.99. The van der Waals surface area contributed by atoms with Crippen LogP contribution in [0.1, 0.15) is 18.1 Å². The summed E-state index contributed by atoms with van der Waals surface area (Å²) in [4.78, 5) is 2.53. The molecule has 0 radical (unpaired) electrons. The molecule has 17 heavy (non-hydrogen) atoms. The van der Waals surface area contributed by atoms with Crippen LogP contribution in [0.4, 0.5) is 4.39 Å². The first-order valence-electron chi connectivity index (χ1n) is 4.88. The molecule has 0 bridgehead atoms. The Morgan fingerprint density at radius 3 is 2.76 bits per heavy atom. The molecular weight excluding hydrogens is 293 g/mol. The van der Waals surface area contributed by atoms with Gasteiger partial charge in [-0.3, -0.25) is 0 Å². The SMILES string of the molecule is [N-]=[N+]=NCCC(O)C(O)c1ccc(Br)c(F)c1. The molecule has 5 nitrogen and oxygen atoms in total. The number of halogens is 2. The lowest BCUT2D eigenvalue weighted by Crippen LogP contribution is -2.19. The average molecular weight is 304 g/mol. The maximum atomic E-state index is 13.2. The molecule has 0 aliphatic rings. The first-order chi connectivity index (χ1) is 8.06. The summed E-state index contributed by atoms with van der Waals surface area (Å²) in [5, 5.41) is 22.6. The van der Waals surface area contributed by atoms with Gasteiger partial charge in [0.05, 0.1) is 10.6 Å². The summed E-state index contributed by atoms with van der Waals surface area (Å²) in [5.74, 6) is -0.510. The van der Waals surface area contributed by atoms with Gasteiger partial charge in [0.2, 0.25) is 0 Å². The van der Waals surface area contributed by atoms with Crippen LogP contribution in [-0.2, 0) is 0 Å². The van der Waals surface area contributed by atoms with Crippen LogP contribution < -0.4 is 0 Å². The smallest absolute Gasteiger partial charge is 0.137 e. The van der Waals surface area contributed by atoms with Crippen molar-refractivity contribution in [1.82, 2.24) is 0 Å². The number of azide groups is 1. The van der Waals surface area contributed by atoms with Crippen LogP contribution in [0, 0.1) is 5.82 Å². The number of hydrogen-bond donors (Lipinski definition) is 2. The maximum absolute atomic E-state index is 13.2. The Morgan fingerprint density at radius 1 is 1.47 bits per heavy atom. The van der Waals surface area contributed by atoms with Gasteiger partial charge in [0.1, 0.15) is 11.9 Å². The standard InChI is InChI=1S/C10H11BrFN3O2/c11-7-2-1-6(5-8(7)12)10(17)9(16)3-4-14-15-13/h1-2,5,9-10,16-17H,3-4H2. The van der Waals surface area contributed by atoms with Crippen molar-refractivity contribution in [2.75, 3.05) is 6.54 Å². The Kier molecular flexibility index (Phi) is 5.37. The molecule has 7 heteroatoms. The van der Waals surface area contributed by atoms with E-state index in [1.54, 1.807) is 0 Å². The minimum atomic E-state index is -1.20. The van der Waals surface area contributed by atoms with E-state index in [1.807, 2.05) is 0 Å². The van der Waals surface area contributed by atoms with Gasteiger partial charge in [-0.1, -0.05) is 11.2 Å². The van der Waals surface area contributed by atoms with Crippen LogP contribution in [0.25, 0.3) is 10.4 Å². The number of aliphatic hydroxyl groups is 2. The van der Waals surface area contributed by atoms with Gasteiger partial charge < -0.3 is 10.2 Å². The average Bonchev–Trinajstić information content (AvgIpc) is 2.32. The number of hydrogen-bond acceptors (Lipinski definition) is 3. The van der Waals surface area contributed by atoms with Gasteiger partial charge in [0.25, 0.3) is 0 Å². The van der Waals surface area contributed by atoms with E-state index in [4.69, 9.17) is 5.53 Å². The van der Waals surface area contributed by atoms with Gasteiger partial charge in [-0.2, -0.15) is 0 Å². The molecule has 0 spiro atoms. The predicted octanol–water partition coefficient (Wildman–Crippen LogP) is 2.68. The van der Waals surface area contributed by atoms with Crippen LogP contribution in [-0.4, -0.2) is 22.9 Å². The van der Waals surface area contributed by atoms with Gasteiger partial charge in [0.15, 0.2) is 0 Å². The third kappa shape index (κ3) is 3.98. The molecule has 92 valence electrons. The highest BCUT2D eigenvalue weighted by Crippen LogP contribution is 2.23. The number of aliphatic hydroxyl groups excluding tert-OH is 2. The van der Waals surface area contributed by atoms with Gasteiger partial charge in [0, 0.05) is 11.5 Å². The molecule has 2 N–H and O–H groups in total. The molecule has 0 aromatic heterocycles. The second kappa shape index (κ2) is 6.56. The first-order valence-corrected chi connectivity index (χ1v) is 5.67. The summed E-state index contributed by atoms with van der Waals surface area (Å²) in [5.41, 5.74) is 8.34. The quantitative estimate of drug-likeness (QED) is 0.497. The highest BCUT2D eigenvalue weighted by Gasteiger charge is 2.18. The molecule has 0 amide bonds. The largest absolute Gasteiger partial charge is 0.390 e. The van der Waals surface area contributed by atoms with Crippen molar-refractivity contribution >= 4 is 15.9 Å². The molecule has 0 fully saturated rings. The summed E-state index contributed by atoms with van der Waals surface area (Å²) in [6, 6.07) is 4.11. The van der Waals surface area contributed by atoms with Crippen molar-refractivity contribution in [2.24, 2.45) is 5.11 Å². The van der Waals surface area contributed by atoms with Crippen molar-refractivity contribution < 1.29 is 14.6 Å². The van der Waals surface area contributed by atoms with Crippen LogP contribution in [0.15, 0.2) is 27.8 Å². The van der Waals surface area contributed by atoms with E-state index in [0.717, 1.165) is 6.07 Å². The van der Waals surface area contributed by atoms with Crippen LogP contribution in [0.5, 0.6) is 0 Å². The summed E-state index contributed by atoms with van der Waals surface area (Å²) in [7, 11) is 0. The lowest BCUT2D eigenvalue weighted by molar-refractivity contribution is 0.0149. The molecule has 1 aromatic rings. The van der Waals surface area contributed by atoms with Crippen LogP contribution in [0.2, 0.25) is 0 Å². The van der Waals surface area contributed by atoms with Gasteiger partial charge in [-0.05, 0) is 45.6 Å². The molecule has 2 atom stereocenters. The highest BCUT2D eigenvalue weighted by atomic mass is 79.9. The molecule has 0 heterocycles. The van der Waals surface area contributed by atoms with E-state index in [2.05, 4.69) is 26.0 Å². The fourth-order valence-electron chi connectivity index (χ4n) is 1.31. The lowest BCUT2D eigenvalue weighted by Gasteiger charge is -2.17. The molecule has 1 aromatic carbocycles. The Bertz CT molecular complexity index is 438. The fourth-order valence-corrected chi connectivity index (χ4v) is 1.56. The minimum absolute atomic E-state index is 0.0771. The molecule has 0 saturated heterocycles. The number of benzene rings is 1. The normalized spacial score (nSPS) is 13.9. The number of nitrogens with zero attached hydrogens (tertiary/aromatic N) is 3. The fraction of sp³-hybridized carbons (Fsp3) is 0.400. The molecule has 0 aliphatic carbocycles. The second-order valence-corrected chi connectivity index (χ2v) is 4.28. The third-order valence-corrected chi connectivity index (χ3v) is 2.88. The zero-order chi connectivity index (χ0) is 12.8. The van der Waals surface area contributed by atoms with Crippen molar-refractivity contribution in [2.45, 2.75) is 18.6 Å². The van der Waals surface area contributed by atoms with Crippen molar-refractivity contribution in [1.29, 1.82) is 0 Å². The highest BCUT2D eigenvalue weighted by molar-refractivity contribution is 9.10. The Hall–Kier alpha value is -1.14. The molecule has 1 rings (SSSR count).